The molecule has 6 nitrogen and oxygen atoms in total. The number of hydrogen-bond acceptors (Lipinski definition) is 4. The van der Waals surface area contributed by atoms with Crippen molar-refractivity contribution < 1.29 is 17.9 Å². The standard InChI is InChI=1S/C10H9BrFN3O3S/c11-8-3-7(1-2-9(8)12)15-19(17,18)10-6(5-16)4-13-14-10/h1-4,15-16H,5H2,(H,13,14). The van der Waals surface area contributed by atoms with Gasteiger partial charge in [0.1, 0.15) is 5.82 Å². The lowest BCUT2D eigenvalue weighted by atomic mass is 10.3. The van der Waals surface area contributed by atoms with Crippen molar-refractivity contribution in [2.24, 2.45) is 0 Å². The molecule has 1 heterocycles. The normalized spacial score (nSPS) is 11.5. The Bertz CT molecular complexity index is 702. The van der Waals surface area contributed by atoms with E-state index in [2.05, 4.69) is 30.8 Å². The van der Waals surface area contributed by atoms with E-state index in [0.29, 0.717) is 0 Å². The number of aliphatic hydroxyl groups excluding tert-OH is 1. The highest BCUT2D eigenvalue weighted by Crippen LogP contribution is 2.23. The molecule has 1 aromatic heterocycles. The van der Waals surface area contributed by atoms with Crippen molar-refractivity contribution in [3.8, 4) is 0 Å². The van der Waals surface area contributed by atoms with E-state index in [4.69, 9.17) is 5.11 Å². The SMILES string of the molecule is O=S(=O)(Nc1ccc(F)c(Br)c1)c1[nH]ncc1CO. The number of anilines is 1. The molecule has 0 saturated heterocycles. The summed E-state index contributed by atoms with van der Waals surface area (Å²) in [5.41, 5.74) is 0.334. The molecule has 0 aliphatic heterocycles. The van der Waals surface area contributed by atoms with Gasteiger partial charge in [0.05, 0.1) is 23.0 Å². The van der Waals surface area contributed by atoms with Gasteiger partial charge in [0.15, 0.2) is 5.03 Å². The number of hydrogen-bond donors (Lipinski definition) is 3. The van der Waals surface area contributed by atoms with Gasteiger partial charge in [0.2, 0.25) is 0 Å². The lowest BCUT2D eigenvalue weighted by Gasteiger charge is -2.08. The number of benzene rings is 1. The third-order valence-corrected chi connectivity index (χ3v) is 4.29. The van der Waals surface area contributed by atoms with Crippen molar-refractivity contribution in [1.29, 1.82) is 0 Å². The number of halogens is 2. The minimum atomic E-state index is -3.91. The number of nitrogens with one attached hydrogen (secondary N) is 2. The van der Waals surface area contributed by atoms with Crippen LogP contribution in [0.1, 0.15) is 5.56 Å². The molecular formula is C10H9BrFN3O3S. The van der Waals surface area contributed by atoms with E-state index in [9.17, 15) is 12.8 Å². The molecule has 0 radical (unpaired) electrons. The molecule has 0 saturated carbocycles. The van der Waals surface area contributed by atoms with Gasteiger partial charge in [0, 0.05) is 5.56 Å². The molecule has 3 N–H and O–H groups in total. The van der Waals surface area contributed by atoms with Crippen LogP contribution < -0.4 is 4.72 Å². The average Bonchev–Trinajstić information content (AvgIpc) is 2.82. The fraction of sp³-hybridized carbons (Fsp3) is 0.100. The van der Waals surface area contributed by atoms with Gasteiger partial charge < -0.3 is 5.11 Å². The first kappa shape index (κ1) is 14.0. The first-order valence-electron chi connectivity index (χ1n) is 5.05. The van der Waals surface area contributed by atoms with Gasteiger partial charge in [-0.3, -0.25) is 9.82 Å². The topological polar surface area (TPSA) is 95.1 Å². The number of aliphatic hydroxyl groups is 1. The average molecular weight is 350 g/mol. The van der Waals surface area contributed by atoms with Crippen molar-refractivity contribution in [3.63, 3.8) is 0 Å². The molecular weight excluding hydrogens is 341 g/mol. The second-order valence-corrected chi connectivity index (χ2v) is 6.09. The zero-order chi connectivity index (χ0) is 14.0. The van der Waals surface area contributed by atoms with Crippen molar-refractivity contribution in [3.05, 3.63) is 40.2 Å². The van der Waals surface area contributed by atoms with Crippen LogP contribution in [0.3, 0.4) is 0 Å². The highest BCUT2D eigenvalue weighted by molar-refractivity contribution is 9.10. The lowest BCUT2D eigenvalue weighted by Crippen LogP contribution is -2.15. The molecule has 0 atom stereocenters. The van der Waals surface area contributed by atoms with Crippen molar-refractivity contribution >= 4 is 31.6 Å². The predicted octanol–water partition coefficient (Wildman–Crippen LogP) is 1.60. The molecule has 2 aromatic rings. The lowest BCUT2D eigenvalue weighted by molar-refractivity contribution is 0.278. The van der Waals surface area contributed by atoms with E-state index in [0.717, 1.165) is 6.07 Å². The van der Waals surface area contributed by atoms with Gasteiger partial charge in [-0.1, -0.05) is 0 Å². The molecule has 19 heavy (non-hydrogen) atoms. The summed E-state index contributed by atoms with van der Waals surface area (Å²) in [6.45, 7) is -0.458. The van der Waals surface area contributed by atoms with Crippen LogP contribution in [0.25, 0.3) is 0 Å². The summed E-state index contributed by atoms with van der Waals surface area (Å²) in [6.07, 6.45) is 1.22. The fourth-order valence-electron chi connectivity index (χ4n) is 1.41. The van der Waals surface area contributed by atoms with Crippen LogP contribution in [0.2, 0.25) is 0 Å². The molecule has 0 fully saturated rings. The molecule has 2 rings (SSSR count). The Labute approximate surface area is 116 Å². The zero-order valence-corrected chi connectivity index (χ0v) is 11.8. The minimum absolute atomic E-state index is 0.139. The van der Waals surface area contributed by atoms with Crippen molar-refractivity contribution in [2.45, 2.75) is 11.6 Å². The minimum Gasteiger partial charge on any atom is -0.392 e. The molecule has 102 valence electrons. The summed E-state index contributed by atoms with van der Waals surface area (Å²) < 4.78 is 39.5. The Kier molecular flexibility index (Phi) is 3.88. The van der Waals surface area contributed by atoms with Crippen LogP contribution in [0.5, 0.6) is 0 Å². The number of rotatable bonds is 4. The summed E-state index contributed by atoms with van der Waals surface area (Å²) in [4.78, 5) is 0. The number of sulfonamides is 1. The third-order valence-electron chi connectivity index (χ3n) is 2.29. The van der Waals surface area contributed by atoms with Gasteiger partial charge >= 0.3 is 0 Å². The van der Waals surface area contributed by atoms with Crippen LogP contribution >= 0.6 is 15.9 Å². The zero-order valence-electron chi connectivity index (χ0n) is 9.39. The van der Waals surface area contributed by atoms with E-state index in [1.54, 1.807) is 0 Å². The summed E-state index contributed by atoms with van der Waals surface area (Å²) in [7, 11) is -3.91. The summed E-state index contributed by atoms with van der Waals surface area (Å²) in [6, 6.07) is 3.70. The van der Waals surface area contributed by atoms with E-state index >= 15 is 0 Å². The van der Waals surface area contributed by atoms with Crippen LogP contribution in [0.15, 0.2) is 33.9 Å². The highest BCUT2D eigenvalue weighted by atomic mass is 79.9. The number of H-pyrrole nitrogens is 1. The Morgan fingerprint density at radius 2 is 2.21 bits per heavy atom. The first-order valence-corrected chi connectivity index (χ1v) is 7.32. The Morgan fingerprint density at radius 1 is 1.47 bits per heavy atom. The van der Waals surface area contributed by atoms with Gasteiger partial charge in [0.25, 0.3) is 10.0 Å². The van der Waals surface area contributed by atoms with Gasteiger partial charge in [-0.05, 0) is 34.1 Å². The molecule has 0 bridgehead atoms. The van der Waals surface area contributed by atoms with Gasteiger partial charge in [-0.25, -0.2) is 4.39 Å². The van der Waals surface area contributed by atoms with Crippen molar-refractivity contribution in [1.82, 2.24) is 10.2 Å². The van der Waals surface area contributed by atoms with Crippen LogP contribution in [0, 0.1) is 5.82 Å². The van der Waals surface area contributed by atoms with E-state index in [1.165, 1.54) is 18.3 Å². The van der Waals surface area contributed by atoms with Crippen LogP contribution in [0.4, 0.5) is 10.1 Å². The van der Waals surface area contributed by atoms with E-state index in [1.807, 2.05) is 0 Å². The second kappa shape index (κ2) is 5.27. The smallest absolute Gasteiger partial charge is 0.279 e. The van der Waals surface area contributed by atoms with Gasteiger partial charge in [-0.2, -0.15) is 13.5 Å². The van der Waals surface area contributed by atoms with E-state index < -0.39 is 22.4 Å². The number of aromatic nitrogens is 2. The largest absolute Gasteiger partial charge is 0.392 e. The molecule has 0 aliphatic rings. The number of nitrogens with zero attached hydrogens (tertiary/aromatic N) is 1. The summed E-state index contributed by atoms with van der Waals surface area (Å²) in [5, 5.41) is 14.6. The van der Waals surface area contributed by atoms with Crippen molar-refractivity contribution in [2.75, 3.05) is 4.72 Å². The highest BCUT2D eigenvalue weighted by Gasteiger charge is 2.20. The maximum Gasteiger partial charge on any atom is 0.279 e. The molecule has 9 heteroatoms. The summed E-state index contributed by atoms with van der Waals surface area (Å²) >= 11 is 2.96. The Balaban J connectivity index is 2.34. The van der Waals surface area contributed by atoms with Gasteiger partial charge in [-0.15, -0.1) is 0 Å². The summed E-state index contributed by atoms with van der Waals surface area (Å²) in [5.74, 6) is -0.500. The molecule has 0 unspecified atom stereocenters. The number of aromatic amines is 1. The Morgan fingerprint density at radius 3 is 2.84 bits per heavy atom. The molecule has 0 aliphatic carbocycles. The van der Waals surface area contributed by atoms with Crippen LogP contribution in [-0.4, -0.2) is 23.7 Å². The quantitative estimate of drug-likeness (QED) is 0.781. The molecule has 0 amide bonds. The van der Waals surface area contributed by atoms with Crippen LogP contribution in [-0.2, 0) is 16.6 Å². The Hall–Kier alpha value is -1.45. The predicted molar refractivity (Wildman–Crippen MR) is 69.4 cm³/mol. The maximum atomic E-state index is 13.1. The monoisotopic (exact) mass is 349 g/mol. The second-order valence-electron chi connectivity index (χ2n) is 3.62. The molecule has 1 aromatic carbocycles. The fourth-order valence-corrected chi connectivity index (χ4v) is 2.96. The van der Waals surface area contributed by atoms with E-state index in [-0.39, 0.29) is 20.7 Å². The molecule has 0 spiro atoms. The first-order chi connectivity index (χ1) is 8.94. The third kappa shape index (κ3) is 2.94. The maximum absolute atomic E-state index is 13.1.